The van der Waals surface area contributed by atoms with Crippen LogP contribution in [0.4, 0.5) is 4.79 Å². The topological polar surface area (TPSA) is 86.6 Å². The first kappa shape index (κ1) is 15.4. The Morgan fingerprint density at radius 2 is 2.04 bits per heavy atom. The van der Waals surface area contributed by atoms with Crippen LogP contribution < -0.4 is 10.6 Å². The molecule has 2 aromatic rings. The Balaban J connectivity index is 1.53. The molecular formula is C16H16N4O2S. The van der Waals surface area contributed by atoms with E-state index in [1.807, 2.05) is 18.2 Å². The first-order valence-electron chi connectivity index (χ1n) is 7.14. The maximum atomic E-state index is 11.9. The van der Waals surface area contributed by atoms with E-state index in [4.69, 9.17) is 0 Å². The van der Waals surface area contributed by atoms with Gasteiger partial charge in [0, 0.05) is 30.3 Å². The Labute approximate surface area is 138 Å². The van der Waals surface area contributed by atoms with E-state index in [0.29, 0.717) is 10.7 Å². The lowest BCUT2D eigenvalue weighted by molar-refractivity contribution is 0.245. The average molecular weight is 328 g/mol. The zero-order valence-electron chi connectivity index (χ0n) is 12.3. The van der Waals surface area contributed by atoms with Crippen molar-refractivity contribution in [1.29, 1.82) is 0 Å². The monoisotopic (exact) mass is 328 g/mol. The van der Waals surface area contributed by atoms with E-state index >= 15 is 0 Å². The van der Waals surface area contributed by atoms with Crippen molar-refractivity contribution in [1.82, 2.24) is 15.6 Å². The molecule has 1 aliphatic rings. The van der Waals surface area contributed by atoms with Crippen molar-refractivity contribution in [3.8, 4) is 5.75 Å². The fourth-order valence-electron chi connectivity index (χ4n) is 2.18. The van der Waals surface area contributed by atoms with Gasteiger partial charge in [0.2, 0.25) is 0 Å². The van der Waals surface area contributed by atoms with Crippen molar-refractivity contribution < 1.29 is 9.90 Å². The van der Waals surface area contributed by atoms with Crippen LogP contribution in [0.25, 0.3) is 0 Å². The van der Waals surface area contributed by atoms with Crippen LogP contribution in [-0.2, 0) is 6.54 Å². The summed E-state index contributed by atoms with van der Waals surface area (Å²) >= 11 is 1.51. The lowest BCUT2D eigenvalue weighted by atomic mass is 10.1. The summed E-state index contributed by atoms with van der Waals surface area (Å²) in [5.74, 6) is 0.956. The molecule has 3 N–H and O–H groups in total. The summed E-state index contributed by atoms with van der Waals surface area (Å²) in [5.41, 5.74) is 1.75. The normalized spacial score (nSPS) is 16.7. The maximum Gasteiger partial charge on any atom is 0.321 e. The second-order valence-corrected chi connectivity index (χ2v) is 5.99. The minimum atomic E-state index is -0.338. The van der Waals surface area contributed by atoms with E-state index in [-0.39, 0.29) is 24.4 Å². The highest BCUT2D eigenvalue weighted by Crippen LogP contribution is 2.28. The number of hydrogen-bond acceptors (Lipinski definition) is 5. The van der Waals surface area contributed by atoms with E-state index in [1.54, 1.807) is 30.6 Å². The Bertz CT molecular complexity index is 721. The molecule has 1 unspecified atom stereocenters. The van der Waals surface area contributed by atoms with Gasteiger partial charge in [0.05, 0.1) is 6.04 Å². The molecule has 3 rings (SSSR count). The number of amides is 2. The van der Waals surface area contributed by atoms with Gasteiger partial charge >= 0.3 is 6.03 Å². The summed E-state index contributed by atoms with van der Waals surface area (Å²) in [7, 11) is 0. The summed E-state index contributed by atoms with van der Waals surface area (Å²) in [6.45, 7) is 0.254. The van der Waals surface area contributed by atoms with Gasteiger partial charge in [0.15, 0.2) is 5.17 Å². The number of amidine groups is 1. The number of phenols is 1. The van der Waals surface area contributed by atoms with Gasteiger partial charge in [-0.05, 0) is 23.8 Å². The van der Waals surface area contributed by atoms with Gasteiger partial charge in [0.25, 0.3) is 0 Å². The molecule has 7 heteroatoms. The highest BCUT2D eigenvalue weighted by molar-refractivity contribution is 8.14. The molecule has 0 saturated carbocycles. The van der Waals surface area contributed by atoms with Crippen molar-refractivity contribution >= 4 is 23.0 Å². The summed E-state index contributed by atoms with van der Waals surface area (Å²) in [4.78, 5) is 20.4. The Morgan fingerprint density at radius 3 is 2.83 bits per heavy atom. The van der Waals surface area contributed by atoms with Crippen LogP contribution in [0.3, 0.4) is 0 Å². The van der Waals surface area contributed by atoms with Gasteiger partial charge in [-0.25, -0.2) is 4.79 Å². The number of hydrogen-bond donors (Lipinski definition) is 3. The number of rotatable bonds is 3. The average Bonchev–Trinajstić information content (AvgIpc) is 3.03. The van der Waals surface area contributed by atoms with Crippen LogP contribution in [-0.4, -0.2) is 27.0 Å². The number of carbonyl (C=O) groups is 1. The Kier molecular flexibility index (Phi) is 4.77. The van der Waals surface area contributed by atoms with E-state index in [9.17, 15) is 9.90 Å². The number of nitrogens with one attached hydrogen (secondary N) is 2. The standard InChI is InChI=1S/C16H16N4O2S/c21-14-4-2-1-3-12(14)9-18-15(22)20-16-19-13(10-23-16)11-5-7-17-8-6-11/h1-8,13,21H,9-10H2,(H2,18,19,20,22). The zero-order chi connectivity index (χ0) is 16.1. The molecule has 1 atom stereocenters. The Hall–Kier alpha value is -2.54. The third-order valence-electron chi connectivity index (χ3n) is 3.39. The molecule has 23 heavy (non-hydrogen) atoms. The van der Waals surface area contributed by atoms with E-state index < -0.39 is 0 Å². The fourth-order valence-corrected chi connectivity index (χ4v) is 3.13. The van der Waals surface area contributed by atoms with Crippen molar-refractivity contribution in [3.05, 3.63) is 59.9 Å². The molecule has 0 aliphatic carbocycles. The maximum absolute atomic E-state index is 11.9. The molecule has 0 saturated heterocycles. The summed E-state index contributed by atoms with van der Waals surface area (Å²) in [6, 6.07) is 10.5. The molecular weight excluding hydrogens is 312 g/mol. The van der Waals surface area contributed by atoms with Crippen molar-refractivity contribution in [2.45, 2.75) is 12.6 Å². The van der Waals surface area contributed by atoms with Crippen LogP contribution in [0.5, 0.6) is 5.75 Å². The number of phenolic OH excluding ortho intramolecular Hbond substituents is 1. The lowest BCUT2D eigenvalue weighted by Gasteiger charge is -2.08. The third kappa shape index (κ3) is 4.01. The molecule has 1 aromatic carbocycles. The van der Waals surface area contributed by atoms with Crippen LogP contribution in [0.15, 0.2) is 53.8 Å². The molecule has 6 nitrogen and oxygen atoms in total. The molecule has 1 aliphatic heterocycles. The first-order valence-corrected chi connectivity index (χ1v) is 8.13. The Morgan fingerprint density at radius 1 is 1.26 bits per heavy atom. The van der Waals surface area contributed by atoms with Gasteiger partial charge in [-0.1, -0.05) is 30.0 Å². The van der Waals surface area contributed by atoms with E-state index in [1.165, 1.54) is 11.8 Å². The molecule has 118 valence electrons. The molecule has 0 spiro atoms. The molecule has 1 aromatic heterocycles. The highest BCUT2D eigenvalue weighted by Gasteiger charge is 2.21. The zero-order valence-corrected chi connectivity index (χ0v) is 13.1. The largest absolute Gasteiger partial charge is 0.508 e. The summed E-state index contributed by atoms with van der Waals surface area (Å²) in [5, 5.41) is 15.7. The number of benzene rings is 1. The van der Waals surface area contributed by atoms with Crippen LogP contribution in [0.2, 0.25) is 0 Å². The fraction of sp³-hybridized carbons (Fsp3) is 0.188. The SMILES string of the molecule is O=C(NCc1ccccc1O)NC1=NC(c2ccncc2)CS1. The number of thioether (sulfide) groups is 1. The van der Waals surface area contributed by atoms with Crippen molar-refractivity contribution in [2.75, 3.05) is 5.75 Å². The number of aliphatic imine (C=N–C) groups is 1. The van der Waals surface area contributed by atoms with Gasteiger partial charge in [-0.2, -0.15) is 0 Å². The second-order valence-electron chi connectivity index (χ2n) is 4.98. The third-order valence-corrected chi connectivity index (χ3v) is 4.36. The summed E-state index contributed by atoms with van der Waals surface area (Å²) < 4.78 is 0. The molecule has 0 bridgehead atoms. The lowest BCUT2D eigenvalue weighted by Crippen LogP contribution is -2.37. The molecule has 2 heterocycles. The minimum absolute atomic E-state index is 0.0384. The number of para-hydroxylation sites is 1. The van der Waals surface area contributed by atoms with Gasteiger partial charge < -0.3 is 10.4 Å². The van der Waals surface area contributed by atoms with Gasteiger partial charge in [-0.15, -0.1) is 0 Å². The smallest absolute Gasteiger partial charge is 0.321 e. The molecule has 2 amide bonds. The van der Waals surface area contributed by atoms with E-state index in [2.05, 4.69) is 20.6 Å². The van der Waals surface area contributed by atoms with Crippen molar-refractivity contribution in [3.63, 3.8) is 0 Å². The number of pyridine rings is 1. The van der Waals surface area contributed by atoms with Gasteiger partial charge in [0.1, 0.15) is 5.75 Å². The van der Waals surface area contributed by atoms with Crippen LogP contribution in [0, 0.1) is 0 Å². The summed E-state index contributed by atoms with van der Waals surface area (Å²) in [6.07, 6.45) is 3.47. The number of urea groups is 1. The number of nitrogens with zero attached hydrogens (tertiary/aromatic N) is 2. The predicted molar refractivity (Wildman–Crippen MR) is 90.3 cm³/mol. The second kappa shape index (κ2) is 7.15. The first-order chi connectivity index (χ1) is 11.2. The molecule has 0 radical (unpaired) electrons. The number of aromatic hydroxyl groups is 1. The van der Waals surface area contributed by atoms with Crippen LogP contribution in [0.1, 0.15) is 17.2 Å². The highest BCUT2D eigenvalue weighted by atomic mass is 32.2. The minimum Gasteiger partial charge on any atom is -0.508 e. The molecule has 0 fully saturated rings. The quantitative estimate of drug-likeness (QED) is 0.807. The van der Waals surface area contributed by atoms with E-state index in [0.717, 1.165) is 11.3 Å². The number of aromatic nitrogens is 1. The van der Waals surface area contributed by atoms with Crippen LogP contribution >= 0.6 is 11.8 Å². The van der Waals surface area contributed by atoms with Crippen molar-refractivity contribution in [2.24, 2.45) is 4.99 Å². The number of carbonyl (C=O) groups excluding carboxylic acids is 1. The van der Waals surface area contributed by atoms with Gasteiger partial charge in [-0.3, -0.25) is 15.3 Å². The predicted octanol–water partition coefficient (Wildman–Crippen LogP) is 2.43.